The van der Waals surface area contributed by atoms with Crippen LogP contribution in [0.5, 0.6) is 0 Å². The van der Waals surface area contributed by atoms with E-state index >= 15 is 0 Å². The normalized spacial score (nSPS) is 20.0. The molecule has 0 saturated carbocycles. The second-order valence-corrected chi connectivity index (χ2v) is 1.84. The van der Waals surface area contributed by atoms with Crippen LogP contribution in [0.4, 0.5) is 0 Å². The van der Waals surface area contributed by atoms with Crippen molar-refractivity contribution in [3.05, 3.63) is 24.3 Å². The van der Waals surface area contributed by atoms with Crippen LogP contribution in [-0.2, 0) is 0 Å². The van der Waals surface area contributed by atoms with Gasteiger partial charge in [0.15, 0.2) is 5.84 Å². The predicted octanol–water partition coefficient (Wildman–Crippen LogP) is -0.0530. The van der Waals surface area contributed by atoms with Gasteiger partial charge in [0.2, 0.25) is 0 Å². The van der Waals surface area contributed by atoms with Gasteiger partial charge in [-0.05, 0) is 0 Å². The highest BCUT2D eigenvalue weighted by Crippen LogP contribution is 2.02. The van der Waals surface area contributed by atoms with Gasteiger partial charge in [-0.15, -0.1) is 0 Å². The van der Waals surface area contributed by atoms with Crippen molar-refractivity contribution in [3.8, 4) is 0 Å². The van der Waals surface area contributed by atoms with Crippen LogP contribution in [0.15, 0.2) is 34.3 Å². The van der Waals surface area contributed by atoms with Crippen molar-refractivity contribution in [1.82, 2.24) is 10.6 Å². The molecule has 0 aliphatic carbocycles. The molecule has 0 aromatic rings. The topological polar surface area (TPSA) is 50.9 Å². The quantitative estimate of drug-likeness (QED) is 0.494. The average Bonchev–Trinajstić information content (AvgIpc) is 2.05. The van der Waals surface area contributed by atoms with Crippen LogP contribution in [0, 0.1) is 0 Å². The van der Waals surface area contributed by atoms with E-state index in [0.29, 0.717) is 0 Å². The summed E-state index contributed by atoms with van der Waals surface area (Å²) < 4.78 is 0. The molecule has 1 N–H and O–H groups in total. The Balaban J connectivity index is 2.38. The molecule has 0 bridgehead atoms. The first-order valence-electron chi connectivity index (χ1n) is 2.89. The van der Waals surface area contributed by atoms with E-state index in [1.807, 2.05) is 0 Å². The van der Waals surface area contributed by atoms with Gasteiger partial charge in [-0.25, -0.2) is 15.3 Å². The lowest BCUT2D eigenvalue weighted by molar-refractivity contribution is 1.03. The summed E-state index contributed by atoms with van der Waals surface area (Å²) in [7, 11) is 0. The van der Waals surface area contributed by atoms with Gasteiger partial charge >= 0.3 is 0 Å². The summed E-state index contributed by atoms with van der Waals surface area (Å²) in [4.78, 5) is 7.88. The molecule has 4 nitrogen and oxygen atoms in total. The van der Waals surface area contributed by atoms with Crippen molar-refractivity contribution in [1.29, 1.82) is 0 Å². The summed E-state index contributed by atoms with van der Waals surface area (Å²) in [5, 5.41) is 6.89. The number of nitrogens with one attached hydrogen (secondary N) is 1. The maximum absolute atomic E-state index is 4.02. The summed E-state index contributed by atoms with van der Waals surface area (Å²) in [6, 6.07) is 0. The Morgan fingerprint density at radius 1 is 1.30 bits per heavy atom. The highest BCUT2D eigenvalue weighted by atomic mass is 15.1. The van der Waals surface area contributed by atoms with Crippen molar-refractivity contribution >= 4 is 12.2 Å². The highest BCUT2D eigenvalue weighted by molar-refractivity contribution is 6.06. The molecule has 2 aliphatic rings. The molecular formula is C6H5N4. The van der Waals surface area contributed by atoms with Gasteiger partial charge < -0.3 is 5.32 Å². The van der Waals surface area contributed by atoms with E-state index < -0.39 is 0 Å². The van der Waals surface area contributed by atoms with Gasteiger partial charge in [0.25, 0.3) is 0 Å². The molecule has 2 heterocycles. The minimum Gasteiger partial charge on any atom is -0.329 e. The standard InChI is InChI=1S/C6H5N4/c1-2-9-6-5(8-1)3-7-4-10-6/h1-4H,(H,7,9,10). The van der Waals surface area contributed by atoms with Crippen molar-refractivity contribution in [2.75, 3.05) is 0 Å². The molecule has 49 valence electrons. The molecule has 4 heteroatoms. The van der Waals surface area contributed by atoms with E-state index in [-0.39, 0.29) is 0 Å². The molecule has 0 amide bonds. The third-order valence-electron chi connectivity index (χ3n) is 1.20. The van der Waals surface area contributed by atoms with Crippen LogP contribution in [0.1, 0.15) is 0 Å². The molecule has 0 fully saturated rings. The van der Waals surface area contributed by atoms with Crippen LogP contribution >= 0.6 is 0 Å². The monoisotopic (exact) mass is 133 g/mol. The number of hydrogen-bond acceptors (Lipinski definition) is 3. The fourth-order valence-corrected chi connectivity index (χ4v) is 0.761. The largest absolute Gasteiger partial charge is 0.329 e. The van der Waals surface area contributed by atoms with Crippen molar-refractivity contribution < 1.29 is 0 Å². The molecule has 1 radical (unpaired) electrons. The summed E-state index contributed by atoms with van der Waals surface area (Å²) in [5.74, 6) is 0.762. The zero-order valence-corrected chi connectivity index (χ0v) is 5.15. The second kappa shape index (κ2) is 1.98. The molecule has 0 spiro atoms. The van der Waals surface area contributed by atoms with Gasteiger partial charge in [-0.1, -0.05) is 0 Å². The SMILES string of the molecule is C1=CN=C2NC=NC=C2[N]1. The smallest absolute Gasteiger partial charge is 0.158 e. The summed E-state index contributed by atoms with van der Waals surface area (Å²) in [5.41, 5.74) is 0.782. The van der Waals surface area contributed by atoms with E-state index in [0.717, 1.165) is 11.5 Å². The Hall–Kier alpha value is -1.58. The van der Waals surface area contributed by atoms with Gasteiger partial charge in [-0.2, -0.15) is 0 Å². The molecule has 10 heavy (non-hydrogen) atoms. The van der Waals surface area contributed by atoms with E-state index in [4.69, 9.17) is 0 Å². The van der Waals surface area contributed by atoms with Crippen LogP contribution in [0.2, 0.25) is 0 Å². The van der Waals surface area contributed by atoms with Gasteiger partial charge in [0.1, 0.15) is 5.70 Å². The van der Waals surface area contributed by atoms with Crippen molar-refractivity contribution in [2.45, 2.75) is 0 Å². The maximum atomic E-state index is 4.02. The number of aliphatic imine (C=N–C) groups is 2. The third kappa shape index (κ3) is 0.699. The molecule has 0 saturated heterocycles. The number of hydrogen-bond donors (Lipinski definition) is 1. The first-order valence-corrected chi connectivity index (χ1v) is 2.89. The Morgan fingerprint density at radius 2 is 2.30 bits per heavy atom. The lowest BCUT2D eigenvalue weighted by Gasteiger charge is -2.12. The van der Waals surface area contributed by atoms with Crippen molar-refractivity contribution in [2.24, 2.45) is 9.98 Å². The number of nitrogens with zero attached hydrogens (tertiary/aromatic N) is 3. The molecule has 0 atom stereocenters. The molecule has 0 aromatic heterocycles. The van der Waals surface area contributed by atoms with E-state index in [1.165, 1.54) is 0 Å². The highest BCUT2D eigenvalue weighted by Gasteiger charge is 2.09. The van der Waals surface area contributed by atoms with Gasteiger partial charge in [-0.3, -0.25) is 0 Å². The average molecular weight is 133 g/mol. The zero-order valence-electron chi connectivity index (χ0n) is 5.15. The predicted molar refractivity (Wildman–Crippen MR) is 38.4 cm³/mol. The summed E-state index contributed by atoms with van der Waals surface area (Å²) >= 11 is 0. The maximum Gasteiger partial charge on any atom is 0.158 e. The fourth-order valence-electron chi connectivity index (χ4n) is 0.761. The molecule has 2 aliphatic heterocycles. The van der Waals surface area contributed by atoms with E-state index in [1.54, 1.807) is 24.9 Å². The van der Waals surface area contributed by atoms with Gasteiger partial charge in [0, 0.05) is 12.4 Å². The Kier molecular flexibility index (Phi) is 1.04. The van der Waals surface area contributed by atoms with E-state index in [9.17, 15) is 0 Å². The third-order valence-corrected chi connectivity index (χ3v) is 1.20. The Labute approximate surface area is 58.1 Å². The second-order valence-electron chi connectivity index (χ2n) is 1.84. The Bertz CT molecular complexity index is 231. The molecular weight excluding hydrogens is 128 g/mol. The Morgan fingerprint density at radius 3 is 3.20 bits per heavy atom. The first-order chi connectivity index (χ1) is 4.97. The zero-order chi connectivity index (χ0) is 6.81. The summed E-state index contributed by atoms with van der Waals surface area (Å²) in [6.45, 7) is 0. The van der Waals surface area contributed by atoms with Crippen LogP contribution in [0.25, 0.3) is 0 Å². The van der Waals surface area contributed by atoms with Crippen LogP contribution in [0.3, 0.4) is 0 Å². The molecule has 2 rings (SSSR count). The molecule has 0 aromatic carbocycles. The number of amidine groups is 1. The number of fused-ring (bicyclic) bond motifs is 1. The summed E-state index contributed by atoms with van der Waals surface area (Å²) in [6.07, 6.45) is 6.52. The molecule has 0 unspecified atom stereocenters. The first kappa shape index (κ1) is 5.22. The van der Waals surface area contributed by atoms with Crippen molar-refractivity contribution in [3.63, 3.8) is 0 Å². The lowest BCUT2D eigenvalue weighted by Crippen LogP contribution is -2.30. The van der Waals surface area contributed by atoms with E-state index in [2.05, 4.69) is 20.6 Å². The van der Waals surface area contributed by atoms with Crippen LogP contribution in [-0.4, -0.2) is 12.2 Å². The number of rotatable bonds is 0. The minimum absolute atomic E-state index is 0.762. The van der Waals surface area contributed by atoms with Crippen LogP contribution < -0.4 is 10.6 Å². The lowest BCUT2D eigenvalue weighted by atomic mass is 10.3. The fraction of sp³-hybridized carbons (Fsp3) is 0. The minimum atomic E-state index is 0.762. The van der Waals surface area contributed by atoms with Gasteiger partial charge in [0.05, 0.1) is 12.5 Å².